The van der Waals surface area contributed by atoms with E-state index in [0.29, 0.717) is 29.6 Å². The minimum absolute atomic E-state index is 0.245. The molecular weight excluding hydrogens is 337 g/mol. The quantitative estimate of drug-likeness (QED) is 0.818. The molecule has 1 aliphatic heterocycles. The molecule has 26 heavy (non-hydrogen) atoms. The van der Waals surface area contributed by atoms with Gasteiger partial charge in [-0.25, -0.2) is 14.4 Å². The number of aryl methyl sites for hydroxylation is 1. The molecule has 138 valence electrons. The SMILES string of the molecule is Cc1cc(C(=O)NCCN2CCOCC2)nc(Nc2ccc(F)cc2)n1. The zero-order valence-corrected chi connectivity index (χ0v) is 14.7. The molecule has 0 spiro atoms. The van der Waals surface area contributed by atoms with E-state index in [1.165, 1.54) is 12.1 Å². The van der Waals surface area contributed by atoms with Gasteiger partial charge in [0, 0.05) is 37.6 Å². The number of carbonyl (C=O) groups excluding carboxylic acids is 1. The Hall–Kier alpha value is -2.58. The van der Waals surface area contributed by atoms with Crippen LogP contribution in [0.4, 0.5) is 16.0 Å². The molecule has 2 aromatic rings. The number of halogens is 1. The maximum absolute atomic E-state index is 13.0. The Morgan fingerprint density at radius 1 is 1.23 bits per heavy atom. The van der Waals surface area contributed by atoms with Crippen LogP contribution in [0.3, 0.4) is 0 Å². The Labute approximate surface area is 151 Å². The summed E-state index contributed by atoms with van der Waals surface area (Å²) in [6.07, 6.45) is 0. The smallest absolute Gasteiger partial charge is 0.270 e. The van der Waals surface area contributed by atoms with Gasteiger partial charge >= 0.3 is 0 Å². The fourth-order valence-electron chi connectivity index (χ4n) is 2.65. The lowest BCUT2D eigenvalue weighted by molar-refractivity contribution is 0.0383. The number of morpholine rings is 1. The normalized spacial score (nSPS) is 14.8. The predicted molar refractivity (Wildman–Crippen MR) is 96.0 cm³/mol. The van der Waals surface area contributed by atoms with Crippen molar-refractivity contribution < 1.29 is 13.9 Å². The molecule has 1 aromatic heterocycles. The molecule has 1 amide bonds. The summed E-state index contributed by atoms with van der Waals surface area (Å²) in [5, 5.41) is 5.87. The molecule has 2 heterocycles. The number of carbonyl (C=O) groups is 1. The second-order valence-corrected chi connectivity index (χ2v) is 6.06. The molecule has 1 fully saturated rings. The van der Waals surface area contributed by atoms with Crippen LogP contribution in [-0.4, -0.2) is 60.2 Å². The van der Waals surface area contributed by atoms with Crippen molar-refractivity contribution in [3.63, 3.8) is 0 Å². The van der Waals surface area contributed by atoms with E-state index in [9.17, 15) is 9.18 Å². The molecule has 0 unspecified atom stereocenters. The lowest BCUT2D eigenvalue weighted by atomic mass is 10.3. The van der Waals surface area contributed by atoms with Gasteiger partial charge in [-0.2, -0.15) is 0 Å². The molecule has 0 radical (unpaired) electrons. The fraction of sp³-hybridized carbons (Fsp3) is 0.389. The highest BCUT2D eigenvalue weighted by Gasteiger charge is 2.13. The van der Waals surface area contributed by atoms with Crippen molar-refractivity contribution in [3.8, 4) is 0 Å². The number of amides is 1. The Kier molecular flexibility index (Phi) is 6.08. The van der Waals surface area contributed by atoms with Gasteiger partial charge in [-0.1, -0.05) is 0 Å². The number of nitrogens with one attached hydrogen (secondary N) is 2. The van der Waals surface area contributed by atoms with E-state index >= 15 is 0 Å². The van der Waals surface area contributed by atoms with Gasteiger partial charge in [-0.15, -0.1) is 0 Å². The maximum Gasteiger partial charge on any atom is 0.270 e. The molecule has 0 atom stereocenters. The highest BCUT2D eigenvalue weighted by molar-refractivity contribution is 5.92. The van der Waals surface area contributed by atoms with Gasteiger partial charge in [0.2, 0.25) is 5.95 Å². The average Bonchev–Trinajstić information content (AvgIpc) is 2.64. The van der Waals surface area contributed by atoms with Crippen molar-refractivity contribution in [2.45, 2.75) is 6.92 Å². The third-order valence-electron chi connectivity index (χ3n) is 4.00. The minimum atomic E-state index is -0.318. The van der Waals surface area contributed by atoms with Crippen LogP contribution in [0.1, 0.15) is 16.2 Å². The van der Waals surface area contributed by atoms with E-state index in [2.05, 4.69) is 25.5 Å². The number of rotatable bonds is 6. The van der Waals surface area contributed by atoms with Crippen molar-refractivity contribution in [2.24, 2.45) is 0 Å². The number of nitrogens with zero attached hydrogens (tertiary/aromatic N) is 3. The Balaban J connectivity index is 1.58. The zero-order valence-electron chi connectivity index (χ0n) is 14.7. The highest BCUT2D eigenvalue weighted by atomic mass is 19.1. The third-order valence-corrected chi connectivity index (χ3v) is 4.00. The number of hydrogen-bond acceptors (Lipinski definition) is 6. The van der Waals surface area contributed by atoms with E-state index in [4.69, 9.17) is 4.74 Å². The van der Waals surface area contributed by atoms with Gasteiger partial charge in [-0.05, 0) is 37.3 Å². The second kappa shape index (κ2) is 8.68. The van der Waals surface area contributed by atoms with E-state index in [0.717, 1.165) is 32.8 Å². The van der Waals surface area contributed by atoms with Crippen molar-refractivity contribution in [1.82, 2.24) is 20.2 Å². The molecular formula is C18H22FN5O2. The number of anilines is 2. The summed E-state index contributed by atoms with van der Waals surface area (Å²) in [4.78, 5) is 23.1. The Morgan fingerprint density at radius 3 is 2.69 bits per heavy atom. The summed E-state index contributed by atoms with van der Waals surface area (Å²) in [5.74, 6) is -0.262. The molecule has 1 saturated heterocycles. The summed E-state index contributed by atoms with van der Waals surface area (Å²) in [5.41, 5.74) is 1.61. The van der Waals surface area contributed by atoms with Crippen molar-refractivity contribution in [2.75, 3.05) is 44.7 Å². The van der Waals surface area contributed by atoms with Crippen LogP contribution in [0.25, 0.3) is 0 Å². The summed E-state index contributed by atoms with van der Waals surface area (Å²) in [6, 6.07) is 7.50. The van der Waals surface area contributed by atoms with Crippen molar-refractivity contribution >= 4 is 17.5 Å². The molecule has 2 N–H and O–H groups in total. The highest BCUT2D eigenvalue weighted by Crippen LogP contribution is 2.14. The number of benzene rings is 1. The number of aromatic nitrogens is 2. The average molecular weight is 359 g/mol. The first-order valence-electron chi connectivity index (χ1n) is 8.57. The van der Waals surface area contributed by atoms with Crippen LogP contribution < -0.4 is 10.6 Å². The zero-order chi connectivity index (χ0) is 18.4. The van der Waals surface area contributed by atoms with Gasteiger partial charge in [0.15, 0.2) is 0 Å². The summed E-state index contributed by atoms with van der Waals surface area (Å²) in [6.45, 7) is 6.35. The monoisotopic (exact) mass is 359 g/mol. The third kappa shape index (κ3) is 5.21. The van der Waals surface area contributed by atoms with Crippen LogP contribution in [0.5, 0.6) is 0 Å². The van der Waals surface area contributed by atoms with Gasteiger partial charge < -0.3 is 15.4 Å². The standard InChI is InChI=1S/C18H22FN5O2/c1-13-12-16(17(25)20-6-7-24-8-10-26-11-9-24)23-18(21-13)22-15-4-2-14(19)3-5-15/h2-5,12H,6-11H2,1H3,(H,20,25)(H,21,22,23). The van der Waals surface area contributed by atoms with Crippen molar-refractivity contribution in [3.05, 3.63) is 47.5 Å². The fourth-order valence-corrected chi connectivity index (χ4v) is 2.65. The number of ether oxygens (including phenoxy) is 1. The van der Waals surface area contributed by atoms with Crippen LogP contribution in [0.2, 0.25) is 0 Å². The summed E-state index contributed by atoms with van der Waals surface area (Å²) in [7, 11) is 0. The first-order valence-corrected chi connectivity index (χ1v) is 8.57. The van der Waals surface area contributed by atoms with E-state index in [1.807, 2.05) is 0 Å². The molecule has 1 aliphatic rings. The van der Waals surface area contributed by atoms with Crippen molar-refractivity contribution in [1.29, 1.82) is 0 Å². The predicted octanol–water partition coefficient (Wildman–Crippen LogP) is 1.73. The van der Waals surface area contributed by atoms with E-state index in [-0.39, 0.29) is 11.7 Å². The molecule has 0 aliphatic carbocycles. The first kappa shape index (κ1) is 18.2. The van der Waals surface area contributed by atoms with Gasteiger partial charge in [0.25, 0.3) is 5.91 Å². The second-order valence-electron chi connectivity index (χ2n) is 6.06. The molecule has 0 saturated carbocycles. The summed E-state index contributed by atoms with van der Waals surface area (Å²) >= 11 is 0. The van der Waals surface area contributed by atoms with Crippen LogP contribution in [0, 0.1) is 12.7 Å². The van der Waals surface area contributed by atoms with Crippen LogP contribution in [0.15, 0.2) is 30.3 Å². The number of hydrogen-bond donors (Lipinski definition) is 2. The largest absolute Gasteiger partial charge is 0.379 e. The maximum atomic E-state index is 13.0. The molecule has 0 bridgehead atoms. The van der Waals surface area contributed by atoms with Gasteiger partial charge in [0.05, 0.1) is 13.2 Å². The first-order chi connectivity index (χ1) is 12.6. The Morgan fingerprint density at radius 2 is 1.96 bits per heavy atom. The molecule has 1 aromatic carbocycles. The van der Waals surface area contributed by atoms with Crippen LogP contribution >= 0.6 is 0 Å². The molecule has 7 nitrogen and oxygen atoms in total. The minimum Gasteiger partial charge on any atom is -0.379 e. The molecule has 8 heteroatoms. The van der Waals surface area contributed by atoms with Gasteiger partial charge in [-0.3, -0.25) is 9.69 Å². The lowest BCUT2D eigenvalue weighted by Gasteiger charge is -2.26. The van der Waals surface area contributed by atoms with E-state index < -0.39 is 0 Å². The topological polar surface area (TPSA) is 79.4 Å². The van der Waals surface area contributed by atoms with E-state index in [1.54, 1.807) is 25.1 Å². The Bertz CT molecular complexity index is 748. The van der Waals surface area contributed by atoms with Gasteiger partial charge in [0.1, 0.15) is 11.5 Å². The summed E-state index contributed by atoms with van der Waals surface area (Å²) < 4.78 is 18.3. The molecule has 3 rings (SSSR count). The van der Waals surface area contributed by atoms with Crippen LogP contribution in [-0.2, 0) is 4.74 Å². The lowest BCUT2D eigenvalue weighted by Crippen LogP contribution is -2.41.